The van der Waals surface area contributed by atoms with Crippen LogP contribution in [0.15, 0.2) is 36.6 Å². The van der Waals surface area contributed by atoms with Gasteiger partial charge >= 0.3 is 5.97 Å². The lowest BCUT2D eigenvalue weighted by Crippen LogP contribution is -2.06. The first-order chi connectivity index (χ1) is 8.70. The molecule has 1 aromatic heterocycles. The van der Waals surface area contributed by atoms with Crippen LogP contribution in [0.1, 0.15) is 29.4 Å². The largest absolute Gasteiger partial charge is 0.462 e. The van der Waals surface area contributed by atoms with E-state index in [-0.39, 0.29) is 5.97 Å². The molecule has 1 heterocycles. The lowest BCUT2D eigenvalue weighted by Gasteiger charge is -2.08. The first kappa shape index (κ1) is 12.6. The van der Waals surface area contributed by atoms with Gasteiger partial charge in [0.25, 0.3) is 0 Å². The molecule has 92 valence electrons. The van der Waals surface area contributed by atoms with Gasteiger partial charge in [0.15, 0.2) is 0 Å². The standard InChI is InChI=1S/C14H13NO2S/c1-2-17-14(16)11-6-7-15-13(9-11)10-4-3-5-12(18)8-10/h3-4,6-9H,2,5H2,1H3. The van der Waals surface area contributed by atoms with Crippen LogP contribution >= 0.6 is 12.2 Å². The molecule has 0 saturated carbocycles. The molecule has 0 radical (unpaired) electrons. The highest BCUT2D eigenvalue weighted by atomic mass is 32.1. The van der Waals surface area contributed by atoms with E-state index < -0.39 is 0 Å². The third kappa shape index (κ3) is 2.90. The Morgan fingerprint density at radius 1 is 1.56 bits per heavy atom. The number of pyridine rings is 1. The molecule has 0 unspecified atom stereocenters. The fourth-order valence-electron chi connectivity index (χ4n) is 1.67. The van der Waals surface area contributed by atoms with Gasteiger partial charge in [-0.25, -0.2) is 4.79 Å². The number of thiocarbonyl (C=S) groups is 1. The summed E-state index contributed by atoms with van der Waals surface area (Å²) in [7, 11) is 0. The molecule has 0 bridgehead atoms. The van der Waals surface area contributed by atoms with E-state index in [2.05, 4.69) is 4.98 Å². The molecule has 1 aliphatic rings. The van der Waals surface area contributed by atoms with Crippen molar-refractivity contribution in [1.29, 1.82) is 0 Å². The van der Waals surface area contributed by atoms with Gasteiger partial charge in [0.1, 0.15) is 0 Å². The summed E-state index contributed by atoms with van der Waals surface area (Å²) in [4.78, 5) is 16.8. The van der Waals surface area contributed by atoms with Crippen molar-refractivity contribution in [3.8, 4) is 0 Å². The third-order valence-corrected chi connectivity index (χ3v) is 2.78. The minimum absolute atomic E-state index is 0.330. The van der Waals surface area contributed by atoms with Gasteiger partial charge in [0.2, 0.25) is 0 Å². The van der Waals surface area contributed by atoms with Crippen molar-refractivity contribution in [1.82, 2.24) is 4.98 Å². The van der Waals surface area contributed by atoms with E-state index >= 15 is 0 Å². The Morgan fingerprint density at radius 2 is 2.39 bits per heavy atom. The van der Waals surface area contributed by atoms with Gasteiger partial charge in [-0.1, -0.05) is 24.4 Å². The molecule has 4 heteroatoms. The summed E-state index contributed by atoms with van der Waals surface area (Å²) in [5.74, 6) is -0.330. The van der Waals surface area contributed by atoms with Crippen LogP contribution in [0.25, 0.3) is 5.57 Å². The van der Waals surface area contributed by atoms with Crippen LogP contribution in [0.4, 0.5) is 0 Å². The van der Waals surface area contributed by atoms with Crippen LogP contribution < -0.4 is 0 Å². The zero-order chi connectivity index (χ0) is 13.0. The number of nitrogens with zero attached hydrogens (tertiary/aromatic N) is 1. The summed E-state index contributed by atoms with van der Waals surface area (Å²) >= 11 is 5.16. The summed E-state index contributed by atoms with van der Waals surface area (Å²) in [6.45, 7) is 2.15. The molecular formula is C14H13NO2S. The Hall–Kier alpha value is -1.81. The average molecular weight is 259 g/mol. The first-order valence-corrected chi connectivity index (χ1v) is 6.16. The minimum Gasteiger partial charge on any atom is -0.462 e. The molecule has 3 nitrogen and oxygen atoms in total. The van der Waals surface area contributed by atoms with Gasteiger partial charge in [-0.2, -0.15) is 0 Å². The number of hydrogen-bond donors (Lipinski definition) is 0. The first-order valence-electron chi connectivity index (χ1n) is 5.75. The van der Waals surface area contributed by atoms with Gasteiger partial charge < -0.3 is 4.74 Å². The van der Waals surface area contributed by atoms with Gasteiger partial charge in [0.05, 0.1) is 17.9 Å². The Morgan fingerprint density at radius 3 is 3.11 bits per heavy atom. The van der Waals surface area contributed by atoms with Crippen LogP contribution in [-0.2, 0) is 4.74 Å². The quantitative estimate of drug-likeness (QED) is 0.618. The molecule has 0 fully saturated rings. The number of rotatable bonds is 3. The van der Waals surface area contributed by atoms with Crippen molar-refractivity contribution < 1.29 is 9.53 Å². The average Bonchev–Trinajstić information content (AvgIpc) is 2.39. The Labute approximate surface area is 111 Å². The van der Waals surface area contributed by atoms with Crippen LogP contribution in [0.3, 0.4) is 0 Å². The number of allylic oxidation sites excluding steroid dienone is 4. The van der Waals surface area contributed by atoms with E-state index in [0.29, 0.717) is 12.2 Å². The van der Waals surface area contributed by atoms with Crippen LogP contribution in [-0.4, -0.2) is 22.4 Å². The summed E-state index contributed by atoms with van der Waals surface area (Å²) < 4.78 is 4.96. The van der Waals surface area contributed by atoms with E-state index in [1.807, 2.05) is 18.2 Å². The monoisotopic (exact) mass is 259 g/mol. The molecule has 2 rings (SSSR count). The fourth-order valence-corrected chi connectivity index (χ4v) is 1.89. The number of ether oxygens (including phenoxy) is 1. The van der Waals surface area contributed by atoms with E-state index in [0.717, 1.165) is 22.6 Å². The molecule has 0 N–H and O–H groups in total. The van der Waals surface area contributed by atoms with Crippen molar-refractivity contribution in [2.45, 2.75) is 13.3 Å². The smallest absolute Gasteiger partial charge is 0.338 e. The highest BCUT2D eigenvalue weighted by Gasteiger charge is 2.10. The predicted octanol–water partition coefficient (Wildman–Crippen LogP) is 2.97. The molecule has 0 spiro atoms. The van der Waals surface area contributed by atoms with E-state index in [1.165, 1.54) is 0 Å². The zero-order valence-electron chi connectivity index (χ0n) is 10.1. The zero-order valence-corrected chi connectivity index (χ0v) is 10.9. The predicted molar refractivity (Wildman–Crippen MR) is 74.5 cm³/mol. The van der Waals surface area contributed by atoms with Crippen molar-refractivity contribution >= 4 is 28.6 Å². The Bertz CT molecular complexity index is 546. The molecule has 0 atom stereocenters. The molecule has 0 aromatic carbocycles. The summed E-state index contributed by atoms with van der Waals surface area (Å²) in [6, 6.07) is 3.37. The Kier molecular flexibility index (Phi) is 3.99. The molecule has 1 aliphatic carbocycles. The van der Waals surface area contributed by atoms with Crippen LogP contribution in [0.5, 0.6) is 0 Å². The molecule has 0 saturated heterocycles. The van der Waals surface area contributed by atoms with Crippen LogP contribution in [0.2, 0.25) is 0 Å². The number of aromatic nitrogens is 1. The fraction of sp³-hybridized carbons (Fsp3) is 0.214. The van der Waals surface area contributed by atoms with E-state index in [1.54, 1.807) is 25.3 Å². The van der Waals surface area contributed by atoms with E-state index in [9.17, 15) is 4.79 Å². The van der Waals surface area contributed by atoms with Gasteiger partial charge in [-0.3, -0.25) is 4.98 Å². The van der Waals surface area contributed by atoms with Gasteiger partial charge in [0, 0.05) is 23.1 Å². The SMILES string of the molecule is CCOC(=O)c1ccnc(C2=CC(=S)CC=C2)c1. The second-order valence-corrected chi connectivity index (χ2v) is 4.35. The molecule has 0 amide bonds. The van der Waals surface area contributed by atoms with E-state index in [4.69, 9.17) is 17.0 Å². The lowest BCUT2D eigenvalue weighted by molar-refractivity contribution is 0.0526. The highest BCUT2D eigenvalue weighted by Crippen LogP contribution is 2.19. The summed E-state index contributed by atoms with van der Waals surface area (Å²) in [6.07, 6.45) is 8.26. The topological polar surface area (TPSA) is 39.2 Å². The molecule has 18 heavy (non-hydrogen) atoms. The normalized spacial score (nSPS) is 14.3. The van der Waals surface area contributed by atoms with Crippen molar-refractivity contribution in [3.63, 3.8) is 0 Å². The number of carbonyl (C=O) groups excluding carboxylic acids is 1. The summed E-state index contributed by atoms with van der Waals surface area (Å²) in [5.41, 5.74) is 2.17. The minimum atomic E-state index is -0.330. The third-order valence-electron chi connectivity index (χ3n) is 2.50. The maximum absolute atomic E-state index is 11.6. The van der Waals surface area contributed by atoms with Crippen molar-refractivity contribution in [2.24, 2.45) is 0 Å². The molecular weight excluding hydrogens is 246 g/mol. The second-order valence-electron chi connectivity index (χ2n) is 3.82. The Balaban J connectivity index is 2.30. The summed E-state index contributed by atoms with van der Waals surface area (Å²) in [5, 5.41) is 0. The van der Waals surface area contributed by atoms with Crippen LogP contribution in [0, 0.1) is 0 Å². The maximum atomic E-state index is 11.6. The van der Waals surface area contributed by atoms with Gasteiger partial charge in [-0.15, -0.1) is 0 Å². The second kappa shape index (κ2) is 5.69. The maximum Gasteiger partial charge on any atom is 0.338 e. The molecule has 0 aliphatic heterocycles. The van der Waals surface area contributed by atoms with Gasteiger partial charge in [-0.05, 0) is 25.1 Å². The molecule has 1 aromatic rings. The number of hydrogen-bond acceptors (Lipinski definition) is 4. The lowest BCUT2D eigenvalue weighted by atomic mass is 10.0. The van der Waals surface area contributed by atoms with Crippen molar-refractivity contribution in [3.05, 3.63) is 47.8 Å². The number of carbonyl (C=O) groups is 1. The van der Waals surface area contributed by atoms with Crippen molar-refractivity contribution in [2.75, 3.05) is 6.61 Å². The number of esters is 1. The highest BCUT2D eigenvalue weighted by molar-refractivity contribution is 7.80.